The molecule has 0 spiro atoms. The normalized spacial score (nSPS) is 18.0. The van der Waals surface area contributed by atoms with Gasteiger partial charge in [-0.05, 0) is 46.2 Å². The van der Waals surface area contributed by atoms with Crippen molar-refractivity contribution < 1.29 is 18.7 Å². The monoisotopic (exact) mass is 322 g/mol. The highest BCUT2D eigenvalue weighted by Crippen LogP contribution is 2.23. The van der Waals surface area contributed by atoms with Crippen LogP contribution in [0.3, 0.4) is 0 Å². The van der Waals surface area contributed by atoms with Crippen molar-refractivity contribution in [3.05, 3.63) is 29.6 Å². The highest BCUT2D eigenvalue weighted by molar-refractivity contribution is 5.99. The van der Waals surface area contributed by atoms with Crippen molar-refractivity contribution in [1.82, 2.24) is 4.90 Å². The Balaban J connectivity index is 2.03. The van der Waals surface area contributed by atoms with Gasteiger partial charge in [-0.2, -0.15) is 0 Å². The second kappa shape index (κ2) is 6.56. The van der Waals surface area contributed by atoms with Crippen molar-refractivity contribution in [2.45, 2.75) is 45.8 Å². The molecule has 1 aromatic carbocycles. The fraction of sp³-hybridized carbons (Fsp3) is 0.529. The van der Waals surface area contributed by atoms with Crippen LogP contribution in [0.1, 0.15) is 44.5 Å². The predicted octanol–water partition coefficient (Wildman–Crippen LogP) is 3.45. The van der Waals surface area contributed by atoms with Gasteiger partial charge < -0.3 is 15.0 Å². The van der Waals surface area contributed by atoms with Crippen LogP contribution in [-0.2, 0) is 4.74 Å². The number of amides is 1. The van der Waals surface area contributed by atoms with Crippen molar-refractivity contribution in [3.8, 4) is 0 Å². The number of halogens is 1. The van der Waals surface area contributed by atoms with Crippen LogP contribution in [-0.4, -0.2) is 41.5 Å². The zero-order valence-electron chi connectivity index (χ0n) is 14.0. The van der Waals surface area contributed by atoms with Crippen LogP contribution in [0.5, 0.6) is 0 Å². The number of likely N-dealkylation sites (tertiary alicyclic amines) is 1. The molecule has 1 atom stereocenters. The van der Waals surface area contributed by atoms with Crippen LogP contribution in [0.4, 0.5) is 14.9 Å². The molecule has 0 aromatic heterocycles. The lowest BCUT2D eigenvalue weighted by Crippen LogP contribution is -2.36. The maximum absolute atomic E-state index is 13.8. The van der Waals surface area contributed by atoms with E-state index in [2.05, 4.69) is 5.32 Å². The second-order valence-corrected chi connectivity index (χ2v) is 6.77. The topological polar surface area (TPSA) is 58.6 Å². The van der Waals surface area contributed by atoms with Gasteiger partial charge in [0.25, 0.3) is 0 Å². The lowest BCUT2D eigenvalue weighted by atomic mass is 10.1. The van der Waals surface area contributed by atoms with E-state index >= 15 is 0 Å². The average Bonchev–Trinajstić information content (AvgIpc) is 2.85. The number of hydrogen-bond donors (Lipinski definition) is 1. The molecule has 1 amide bonds. The van der Waals surface area contributed by atoms with Gasteiger partial charge in [-0.3, -0.25) is 4.79 Å². The summed E-state index contributed by atoms with van der Waals surface area (Å²) < 4.78 is 19.2. The molecule has 0 aliphatic carbocycles. The van der Waals surface area contributed by atoms with E-state index in [0.717, 1.165) is 0 Å². The third-order valence-electron chi connectivity index (χ3n) is 3.57. The summed E-state index contributed by atoms with van der Waals surface area (Å²) in [6, 6.07) is 4.46. The first-order valence-corrected chi connectivity index (χ1v) is 7.71. The van der Waals surface area contributed by atoms with Gasteiger partial charge in [0.1, 0.15) is 11.4 Å². The summed E-state index contributed by atoms with van der Waals surface area (Å²) >= 11 is 0. The largest absolute Gasteiger partial charge is 0.444 e. The molecular formula is C17H23FN2O3. The lowest BCUT2D eigenvalue weighted by molar-refractivity contribution is 0.0293. The molecule has 2 rings (SSSR count). The first kappa shape index (κ1) is 17.2. The number of Topliss-reactive ketones (excluding diaryl/α,β-unsaturated/α-hetero) is 1. The van der Waals surface area contributed by atoms with Gasteiger partial charge in [0.2, 0.25) is 0 Å². The number of hydrogen-bond acceptors (Lipinski definition) is 4. The van der Waals surface area contributed by atoms with Crippen molar-refractivity contribution in [1.29, 1.82) is 0 Å². The quantitative estimate of drug-likeness (QED) is 0.866. The van der Waals surface area contributed by atoms with E-state index in [1.54, 1.807) is 17.0 Å². The minimum absolute atomic E-state index is 0.0394. The maximum Gasteiger partial charge on any atom is 0.410 e. The Morgan fingerprint density at radius 1 is 1.35 bits per heavy atom. The maximum atomic E-state index is 13.8. The molecule has 1 saturated heterocycles. The number of nitrogens with one attached hydrogen (secondary N) is 1. The molecular weight excluding hydrogens is 299 g/mol. The summed E-state index contributed by atoms with van der Waals surface area (Å²) in [5, 5.41) is 3.17. The van der Waals surface area contributed by atoms with Crippen molar-refractivity contribution in [2.75, 3.05) is 18.4 Å². The Kier molecular flexibility index (Phi) is 4.92. The van der Waals surface area contributed by atoms with Crippen LogP contribution < -0.4 is 5.32 Å². The van der Waals surface area contributed by atoms with Crippen molar-refractivity contribution >= 4 is 17.6 Å². The van der Waals surface area contributed by atoms with E-state index in [4.69, 9.17) is 4.74 Å². The number of ether oxygens (including phenoxy) is 1. The molecule has 1 unspecified atom stereocenters. The Hall–Kier alpha value is -2.11. The summed E-state index contributed by atoms with van der Waals surface area (Å²) in [4.78, 5) is 25.3. The Labute approximate surface area is 135 Å². The molecule has 5 nitrogen and oxygen atoms in total. The molecule has 126 valence electrons. The highest BCUT2D eigenvalue weighted by atomic mass is 19.1. The van der Waals surface area contributed by atoms with Crippen LogP contribution in [0.15, 0.2) is 18.2 Å². The number of carbonyl (C=O) groups is 2. The standard InChI is InChI=1S/C17H23FN2O3/c1-11(21)15-13(18)6-5-7-14(15)19-12-8-9-20(10-12)16(22)23-17(2,3)4/h5-7,12,19H,8-10H2,1-4H3. The third kappa shape index (κ3) is 4.43. The summed E-state index contributed by atoms with van der Waals surface area (Å²) in [6.07, 6.45) is 0.362. The summed E-state index contributed by atoms with van der Waals surface area (Å²) in [6.45, 7) is 7.83. The van der Waals surface area contributed by atoms with Crippen LogP contribution in [0.25, 0.3) is 0 Å². The zero-order chi connectivity index (χ0) is 17.2. The molecule has 1 N–H and O–H groups in total. The van der Waals surface area contributed by atoms with Gasteiger partial charge in [-0.15, -0.1) is 0 Å². The van der Waals surface area contributed by atoms with E-state index in [0.29, 0.717) is 25.2 Å². The molecule has 1 aliphatic heterocycles. The number of benzene rings is 1. The van der Waals surface area contributed by atoms with E-state index in [1.165, 1.54) is 13.0 Å². The number of rotatable bonds is 3. The fourth-order valence-electron chi connectivity index (χ4n) is 2.59. The highest BCUT2D eigenvalue weighted by Gasteiger charge is 2.30. The molecule has 0 saturated carbocycles. The van der Waals surface area contributed by atoms with Gasteiger partial charge in [-0.1, -0.05) is 6.07 Å². The van der Waals surface area contributed by atoms with Crippen LogP contribution in [0, 0.1) is 5.82 Å². The van der Waals surface area contributed by atoms with E-state index in [9.17, 15) is 14.0 Å². The Morgan fingerprint density at radius 2 is 2.04 bits per heavy atom. The van der Waals surface area contributed by atoms with Crippen molar-refractivity contribution in [3.63, 3.8) is 0 Å². The van der Waals surface area contributed by atoms with Gasteiger partial charge in [0.05, 0.1) is 5.56 Å². The first-order chi connectivity index (χ1) is 10.7. The smallest absolute Gasteiger partial charge is 0.410 e. The van der Waals surface area contributed by atoms with Gasteiger partial charge in [-0.25, -0.2) is 9.18 Å². The zero-order valence-corrected chi connectivity index (χ0v) is 14.0. The Bertz CT molecular complexity index is 610. The van der Waals surface area contributed by atoms with Gasteiger partial charge in [0.15, 0.2) is 5.78 Å². The number of carbonyl (C=O) groups excluding carboxylic acids is 2. The number of nitrogens with zero attached hydrogens (tertiary/aromatic N) is 1. The summed E-state index contributed by atoms with van der Waals surface area (Å²) in [7, 11) is 0. The van der Waals surface area contributed by atoms with E-state index in [-0.39, 0.29) is 23.5 Å². The number of ketones is 1. The SMILES string of the molecule is CC(=O)c1c(F)cccc1NC1CCN(C(=O)OC(C)(C)C)C1. The lowest BCUT2D eigenvalue weighted by Gasteiger charge is -2.24. The molecule has 6 heteroatoms. The van der Waals surface area contributed by atoms with Crippen LogP contribution in [0.2, 0.25) is 0 Å². The second-order valence-electron chi connectivity index (χ2n) is 6.77. The predicted molar refractivity (Wildman–Crippen MR) is 86.2 cm³/mol. The molecule has 1 aliphatic rings. The van der Waals surface area contributed by atoms with E-state index < -0.39 is 11.4 Å². The van der Waals surface area contributed by atoms with E-state index in [1.807, 2.05) is 20.8 Å². The minimum Gasteiger partial charge on any atom is -0.444 e. The molecule has 0 bridgehead atoms. The van der Waals surface area contributed by atoms with Crippen molar-refractivity contribution in [2.24, 2.45) is 0 Å². The first-order valence-electron chi connectivity index (χ1n) is 7.71. The third-order valence-corrected chi connectivity index (χ3v) is 3.57. The minimum atomic E-state index is -0.538. The number of anilines is 1. The van der Waals surface area contributed by atoms with Crippen LogP contribution >= 0.6 is 0 Å². The molecule has 23 heavy (non-hydrogen) atoms. The molecule has 1 fully saturated rings. The molecule has 0 radical (unpaired) electrons. The van der Waals surface area contributed by atoms with Gasteiger partial charge in [0, 0.05) is 24.8 Å². The molecule has 1 aromatic rings. The Morgan fingerprint density at radius 3 is 2.65 bits per heavy atom. The fourth-order valence-corrected chi connectivity index (χ4v) is 2.59. The van der Waals surface area contributed by atoms with Gasteiger partial charge >= 0.3 is 6.09 Å². The molecule has 1 heterocycles. The summed E-state index contributed by atoms with van der Waals surface area (Å²) in [5.41, 5.74) is -0.00999. The average molecular weight is 322 g/mol. The summed E-state index contributed by atoms with van der Waals surface area (Å²) in [5.74, 6) is -0.864.